The molecule has 0 unspecified atom stereocenters. The molecule has 2 N–H and O–H groups in total. The number of rotatable bonds is 2. The zero-order chi connectivity index (χ0) is 14.1. The second-order valence-corrected chi connectivity index (χ2v) is 5.95. The van der Waals surface area contributed by atoms with E-state index in [1.54, 1.807) is 0 Å². The Kier molecular flexibility index (Phi) is 3.68. The highest BCUT2D eigenvalue weighted by molar-refractivity contribution is 6.30. The molecule has 0 bridgehead atoms. The molecule has 3 rings (SSSR count). The summed E-state index contributed by atoms with van der Waals surface area (Å²) in [4.78, 5) is 2.47. The molecule has 0 amide bonds. The van der Waals surface area contributed by atoms with Crippen molar-refractivity contribution in [3.8, 4) is 0 Å². The Balaban J connectivity index is 1.77. The summed E-state index contributed by atoms with van der Waals surface area (Å²) in [6, 6.07) is 12.4. The van der Waals surface area contributed by atoms with E-state index < -0.39 is 0 Å². The molecule has 0 fully saturated rings. The van der Waals surface area contributed by atoms with Gasteiger partial charge in [0.15, 0.2) is 0 Å². The summed E-state index contributed by atoms with van der Waals surface area (Å²) in [5, 5.41) is 0.808. The first-order chi connectivity index (χ1) is 9.63. The fourth-order valence-corrected chi connectivity index (χ4v) is 3.14. The Bertz CT molecular complexity index is 637. The smallest absolute Gasteiger partial charge is 0.0408 e. The fraction of sp³-hybridized carbons (Fsp3) is 0.294. The predicted molar refractivity (Wildman–Crippen MR) is 84.9 cm³/mol. The molecule has 2 aromatic rings. The SMILES string of the molecule is Cc1cc(Cl)ccc1CN1CCc2c(N)cccc2C1. The monoisotopic (exact) mass is 286 g/mol. The normalized spacial score (nSPS) is 15.1. The zero-order valence-corrected chi connectivity index (χ0v) is 12.5. The quantitative estimate of drug-likeness (QED) is 0.851. The number of hydrogen-bond donors (Lipinski definition) is 1. The molecule has 0 aliphatic carbocycles. The largest absolute Gasteiger partial charge is 0.398 e. The molecule has 1 heterocycles. The van der Waals surface area contributed by atoms with Crippen molar-refractivity contribution in [2.24, 2.45) is 0 Å². The predicted octanol–water partition coefficient (Wildman–Crippen LogP) is 3.79. The van der Waals surface area contributed by atoms with E-state index in [1.165, 1.54) is 22.3 Å². The Morgan fingerprint density at radius 1 is 1.25 bits per heavy atom. The number of nitrogens with zero attached hydrogens (tertiary/aromatic N) is 1. The Hall–Kier alpha value is -1.51. The van der Waals surface area contributed by atoms with Crippen LogP contribution in [0.5, 0.6) is 0 Å². The molecule has 20 heavy (non-hydrogen) atoms. The highest BCUT2D eigenvalue weighted by Gasteiger charge is 2.18. The van der Waals surface area contributed by atoms with Crippen molar-refractivity contribution in [3.63, 3.8) is 0 Å². The summed E-state index contributed by atoms with van der Waals surface area (Å²) in [5.74, 6) is 0. The highest BCUT2D eigenvalue weighted by Crippen LogP contribution is 2.26. The summed E-state index contributed by atoms with van der Waals surface area (Å²) in [6.07, 6.45) is 1.04. The first kappa shape index (κ1) is 13.5. The van der Waals surface area contributed by atoms with E-state index in [-0.39, 0.29) is 0 Å². The molecule has 1 aliphatic rings. The van der Waals surface area contributed by atoms with Gasteiger partial charge in [-0.2, -0.15) is 0 Å². The van der Waals surface area contributed by atoms with E-state index in [2.05, 4.69) is 24.0 Å². The molecule has 0 radical (unpaired) electrons. The third-order valence-electron chi connectivity index (χ3n) is 4.08. The van der Waals surface area contributed by atoms with Crippen LogP contribution in [-0.2, 0) is 19.5 Å². The summed E-state index contributed by atoms with van der Waals surface area (Å²) in [7, 11) is 0. The third-order valence-corrected chi connectivity index (χ3v) is 4.31. The van der Waals surface area contributed by atoms with Crippen LogP contribution >= 0.6 is 11.6 Å². The molecule has 2 nitrogen and oxygen atoms in total. The minimum atomic E-state index is 0.808. The van der Waals surface area contributed by atoms with E-state index in [0.717, 1.165) is 36.8 Å². The Labute approximate surface area is 125 Å². The van der Waals surface area contributed by atoms with Gasteiger partial charge in [-0.25, -0.2) is 0 Å². The van der Waals surface area contributed by atoms with Crippen LogP contribution < -0.4 is 5.73 Å². The molecule has 1 aliphatic heterocycles. The number of nitrogen functional groups attached to an aromatic ring is 1. The second kappa shape index (κ2) is 5.47. The molecule has 0 spiro atoms. The highest BCUT2D eigenvalue weighted by atomic mass is 35.5. The topological polar surface area (TPSA) is 29.3 Å². The molecule has 0 aromatic heterocycles. The van der Waals surface area contributed by atoms with Gasteiger partial charge in [-0.3, -0.25) is 4.90 Å². The van der Waals surface area contributed by atoms with Gasteiger partial charge in [0, 0.05) is 30.3 Å². The summed E-state index contributed by atoms with van der Waals surface area (Å²) in [6.45, 7) is 5.13. The van der Waals surface area contributed by atoms with Crippen molar-refractivity contribution in [3.05, 3.63) is 63.7 Å². The minimum absolute atomic E-state index is 0.808. The lowest BCUT2D eigenvalue weighted by Crippen LogP contribution is -2.30. The van der Waals surface area contributed by atoms with Gasteiger partial charge >= 0.3 is 0 Å². The lowest BCUT2D eigenvalue weighted by atomic mass is 9.97. The second-order valence-electron chi connectivity index (χ2n) is 5.52. The first-order valence-electron chi connectivity index (χ1n) is 6.97. The zero-order valence-electron chi connectivity index (χ0n) is 11.7. The maximum absolute atomic E-state index is 6.05. The molecule has 0 saturated carbocycles. The minimum Gasteiger partial charge on any atom is -0.398 e. The number of nitrogens with two attached hydrogens (primary N) is 1. The number of benzene rings is 2. The van der Waals surface area contributed by atoms with E-state index in [0.29, 0.717) is 0 Å². The van der Waals surface area contributed by atoms with Crippen LogP contribution in [0.4, 0.5) is 5.69 Å². The van der Waals surface area contributed by atoms with Crippen molar-refractivity contribution in [2.45, 2.75) is 26.4 Å². The number of aryl methyl sites for hydroxylation is 1. The lowest BCUT2D eigenvalue weighted by Gasteiger charge is -2.30. The van der Waals surface area contributed by atoms with Crippen LogP contribution in [0.2, 0.25) is 5.02 Å². The molecule has 0 atom stereocenters. The number of fused-ring (bicyclic) bond motifs is 1. The van der Waals surface area contributed by atoms with E-state index in [4.69, 9.17) is 17.3 Å². The summed E-state index contributed by atoms with van der Waals surface area (Å²) < 4.78 is 0. The standard InChI is InChI=1S/C17H19ClN2/c1-12-9-15(18)6-5-13(12)10-20-8-7-16-14(11-20)3-2-4-17(16)19/h2-6,9H,7-8,10-11,19H2,1H3. The number of anilines is 1. The maximum atomic E-state index is 6.05. The van der Waals surface area contributed by atoms with Crippen LogP contribution in [0.25, 0.3) is 0 Å². The van der Waals surface area contributed by atoms with E-state index in [1.807, 2.05) is 24.3 Å². The molecular formula is C17H19ClN2. The van der Waals surface area contributed by atoms with Crippen LogP contribution in [0, 0.1) is 6.92 Å². The van der Waals surface area contributed by atoms with Crippen LogP contribution in [0.1, 0.15) is 22.3 Å². The Morgan fingerprint density at radius 2 is 2.10 bits per heavy atom. The number of hydrogen-bond acceptors (Lipinski definition) is 2. The summed E-state index contributed by atoms with van der Waals surface area (Å²) in [5.41, 5.74) is 12.3. The fourth-order valence-electron chi connectivity index (χ4n) is 2.91. The number of halogens is 1. The van der Waals surface area contributed by atoms with Gasteiger partial charge < -0.3 is 5.73 Å². The van der Waals surface area contributed by atoms with Crippen molar-refractivity contribution in [1.82, 2.24) is 4.90 Å². The van der Waals surface area contributed by atoms with Crippen molar-refractivity contribution in [2.75, 3.05) is 12.3 Å². The van der Waals surface area contributed by atoms with E-state index in [9.17, 15) is 0 Å². The van der Waals surface area contributed by atoms with Crippen LogP contribution in [0.3, 0.4) is 0 Å². The van der Waals surface area contributed by atoms with Gasteiger partial charge in [0.1, 0.15) is 0 Å². The lowest BCUT2D eigenvalue weighted by molar-refractivity contribution is 0.245. The van der Waals surface area contributed by atoms with Gasteiger partial charge in [-0.15, -0.1) is 0 Å². The molecule has 0 saturated heterocycles. The maximum Gasteiger partial charge on any atom is 0.0408 e. The van der Waals surface area contributed by atoms with Crippen molar-refractivity contribution >= 4 is 17.3 Å². The van der Waals surface area contributed by atoms with Gasteiger partial charge in [0.25, 0.3) is 0 Å². The van der Waals surface area contributed by atoms with Crippen molar-refractivity contribution < 1.29 is 0 Å². The average Bonchev–Trinajstić information content (AvgIpc) is 2.42. The average molecular weight is 287 g/mol. The molecule has 3 heteroatoms. The van der Waals surface area contributed by atoms with Gasteiger partial charge in [-0.1, -0.05) is 29.8 Å². The van der Waals surface area contributed by atoms with Gasteiger partial charge in [0.05, 0.1) is 0 Å². The van der Waals surface area contributed by atoms with E-state index >= 15 is 0 Å². The van der Waals surface area contributed by atoms with Crippen LogP contribution in [0.15, 0.2) is 36.4 Å². The molecule has 2 aromatic carbocycles. The molecular weight excluding hydrogens is 268 g/mol. The molecule has 104 valence electrons. The summed E-state index contributed by atoms with van der Waals surface area (Å²) >= 11 is 6.02. The van der Waals surface area contributed by atoms with Gasteiger partial charge in [0.2, 0.25) is 0 Å². The van der Waals surface area contributed by atoms with Crippen LogP contribution in [-0.4, -0.2) is 11.4 Å². The van der Waals surface area contributed by atoms with Gasteiger partial charge in [-0.05, 0) is 53.8 Å². The van der Waals surface area contributed by atoms with Crippen molar-refractivity contribution in [1.29, 1.82) is 0 Å². The Morgan fingerprint density at radius 3 is 2.90 bits per heavy atom. The first-order valence-corrected chi connectivity index (χ1v) is 7.35. The third kappa shape index (κ3) is 2.67.